The van der Waals surface area contributed by atoms with Gasteiger partial charge < -0.3 is 9.64 Å². The number of carbonyl (C=O) groups excluding carboxylic acids is 1. The monoisotopic (exact) mass is 495 g/mol. The lowest BCUT2D eigenvalue weighted by molar-refractivity contribution is 0.0432. The first-order valence-electron chi connectivity index (χ1n) is 10.9. The number of anilines is 1. The molecule has 2 fully saturated rings. The molecule has 2 heterocycles. The third-order valence-corrected chi connectivity index (χ3v) is 8.27. The molecule has 33 heavy (non-hydrogen) atoms. The molecule has 0 radical (unpaired) electrons. The standard InChI is InChI=1S/C23H27ClFN3O4S/c1-26(18-6-4-17(25)5-7-18)33(30,31)20-8-9-22(24)21(15-20)23(29)28-12-10-27(11-13-28)16-19-3-2-14-32-19/h4-9,15,19H,2-3,10-14,16H2,1H3/t19-/m0/s1. The molecular formula is C23H27ClFN3O4S. The van der Waals surface area contributed by atoms with Crippen LogP contribution in [-0.4, -0.2) is 76.6 Å². The first-order chi connectivity index (χ1) is 15.8. The van der Waals surface area contributed by atoms with Crippen molar-refractivity contribution in [3.05, 3.63) is 58.9 Å². The highest BCUT2D eigenvalue weighted by Gasteiger charge is 2.28. The molecule has 178 valence electrons. The van der Waals surface area contributed by atoms with Crippen LogP contribution in [0.4, 0.5) is 10.1 Å². The average Bonchev–Trinajstić information content (AvgIpc) is 3.32. The Balaban J connectivity index is 1.47. The summed E-state index contributed by atoms with van der Waals surface area (Å²) in [4.78, 5) is 17.1. The van der Waals surface area contributed by atoms with Gasteiger partial charge >= 0.3 is 0 Å². The van der Waals surface area contributed by atoms with E-state index in [4.69, 9.17) is 16.3 Å². The van der Waals surface area contributed by atoms with Gasteiger partial charge in [-0.2, -0.15) is 0 Å². The van der Waals surface area contributed by atoms with E-state index in [-0.39, 0.29) is 27.5 Å². The summed E-state index contributed by atoms with van der Waals surface area (Å²) in [6.07, 6.45) is 2.43. The predicted molar refractivity (Wildman–Crippen MR) is 125 cm³/mol. The van der Waals surface area contributed by atoms with E-state index < -0.39 is 15.8 Å². The number of hydrogen-bond acceptors (Lipinski definition) is 5. The van der Waals surface area contributed by atoms with Gasteiger partial charge in [0.1, 0.15) is 5.82 Å². The Morgan fingerprint density at radius 1 is 1.15 bits per heavy atom. The zero-order valence-corrected chi connectivity index (χ0v) is 20.0. The van der Waals surface area contributed by atoms with E-state index in [9.17, 15) is 17.6 Å². The van der Waals surface area contributed by atoms with Crippen LogP contribution in [0.5, 0.6) is 0 Å². The number of halogens is 2. The Morgan fingerprint density at radius 2 is 1.85 bits per heavy atom. The van der Waals surface area contributed by atoms with E-state index in [1.807, 2.05) is 0 Å². The van der Waals surface area contributed by atoms with Crippen molar-refractivity contribution in [3.8, 4) is 0 Å². The van der Waals surface area contributed by atoms with Gasteiger partial charge in [0.15, 0.2) is 0 Å². The minimum Gasteiger partial charge on any atom is -0.377 e. The van der Waals surface area contributed by atoms with E-state index in [0.717, 1.165) is 43.4 Å². The topological polar surface area (TPSA) is 70.2 Å². The van der Waals surface area contributed by atoms with Crippen LogP contribution in [0.3, 0.4) is 0 Å². The van der Waals surface area contributed by atoms with Gasteiger partial charge in [0.05, 0.1) is 27.3 Å². The Morgan fingerprint density at radius 3 is 2.48 bits per heavy atom. The fraction of sp³-hybridized carbons (Fsp3) is 0.435. The number of sulfonamides is 1. The van der Waals surface area contributed by atoms with Gasteiger partial charge in [-0.1, -0.05) is 11.6 Å². The van der Waals surface area contributed by atoms with Gasteiger partial charge in [0.2, 0.25) is 0 Å². The Kier molecular flexibility index (Phi) is 7.23. The second kappa shape index (κ2) is 9.97. The van der Waals surface area contributed by atoms with E-state index in [1.165, 1.54) is 49.5 Å². The number of ether oxygens (including phenoxy) is 1. The zero-order valence-electron chi connectivity index (χ0n) is 18.4. The maximum absolute atomic E-state index is 13.2. The maximum atomic E-state index is 13.2. The van der Waals surface area contributed by atoms with Crippen LogP contribution in [0.25, 0.3) is 0 Å². The van der Waals surface area contributed by atoms with Crippen LogP contribution in [0, 0.1) is 5.82 Å². The number of amides is 1. The number of nitrogens with zero attached hydrogens (tertiary/aromatic N) is 3. The van der Waals surface area contributed by atoms with Crippen molar-refractivity contribution in [1.82, 2.24) is 9.80 Å². The molecule has 1 amide bonds. The summed E-state index contributed by atoms with van der Waals surface area (Å²) < 4.78 is 46.2. The van der Waals surface area contributed by atoms with Crippen LogP contribution in [-0.2, 0) is 14.8 Å². The van der Waals surface area contributed by atoms with Crippen molar-refractivity contribution in [2.75, 3.05) is 50.7 Å². The molecule has 2 saturated heterocycles. The molecule has 0 aliphatic carbocycles. The summed E-state index contributed by atoms with van der Waals surface area (Å²) in [5, 5.41) is 0.199. The third-order valence-electron chi connectivity index (χ3n) is 6.16. The first kappa shape index (κ1) is 23.9. The fourth-order valence-corrected chi connectivity index (χ4v) is 5.58. The second-order valence-corrected chi connectivity index (χ2v) is 10.7. The molecule has 7 nitrogen and oxygen atoms in total. The summed E-state index contributed by atoms with van der Waals surface area (Å²) in [7, 11) is -2.59. The van der Waals surface area contributed by atoms with E-state index in [0.29, 0.717) is 18.8 Å². The largest absolute Gasteiger partial charge is 0.377 e. The number of rotatable bonds is 6. The normalized spacial score (nSPS) is 19.6. The molecular weight excluding hydrogens is 469 g/mol. The highest BCUT2D eigenvalue weighted by molar-refractivity contribution is 7.92. The molecule has 0 N–H and O–H groups in total. The molecule has 1 atom stereocenters. The highest BCUT2D eigenvalue weighted by Crippen LogP contribution is 2.27. The van der Waals surface area contributed by atoms with Crippen LogP contribution in [0.15, 0.2) is 47.4 Å². The quantitative estimate of drug-likeness (QED) is 0.615. The lowest BCUT2D eigenvalue weighted by Gasteiger charge is -2.36. The Bertz CT molecular complexity index is 1100. The lowest BCUT2D eigenvalue weighted by atomic mass is 10.1. The smallest absolute Gasteiger partial charge is 0.264 e. The fourth-order valence-electron chi connectivity index (χ4n) is 4.16. The van der Waals surface area contributed by atoms with Crippen molar-refractivity contribution < 1.29 is 22.3 Å². The molecule has 0 saturated carbocycles. The average molecular weight is 496 g/mol. The van der Waals surface area contributed by atoms with Crippen LogP contribution >= 0.6 is 11.6 Å². The molecule has 2 aliphatic rings. The van der Waals surface area contributed by atoms with Crippen molar-refractivity contribution in [3.63, 3.8) is 0 Å². The molecule has 2 aromatic rings. The summed E-state index contributed by atoms with van der Waals surface area (Å²) in [5.74, 6) is -0.752. The van der Waals surface area contributed by atoms with E-state index in [2.05, 4.69) is 4.90 Å². The molecule has 0 unspecified atom stereocenters. The van der Waals surface area contributed by atoms with Gasteiger partial charge in [-0.05, 0) is 55.3 Å². The summed E-state index contributed by atoms with van der Waals surface area (Å²) in [6, 6.07) is 9.25. The number of hydrogen-bond donors (Lipinski definition) is 0. The SMILES string of the molecule is CN(c1ccc(F)cc1)S(=O)(=O)c1ccc(Cl)c(C(=O)N2CCN(C[C@@H]3CCCO3)CC2)c1. The van der Waals surface area contributed by atoms with Crippen molar-refractivity contribution >= 4 is 33.2 Å². The Labute approximate surface area is 198 Å². The highest BCUT2D eigenvalue weighted by atomic mass is 35.5. The summed E-state index contributed by atoms with van der Waals surface area (Å²) in [5.41, 5.74) is 0.458. The molecule has 0 aromatic heterocycles. The minimum absolute atomic E-state index is 0.0564. The number of piperazine rings is 1. The van der Waals surface area contributed by atoms with Crippen LogP contribution in [0.2, 0.25) is 5.02 Å². The van der Waals surface area contributed by atoms with E-state index in [1.54, 1.807) is 4.90 Å². The van der Waals surface area contributed by atoms with Crippen LogP contribution in [0.1, 0.15) is 23.2 Å². The van der Waals surface area contributed by atoms with Gasteiger partial charge in [-0.3, -0.25) is 14.0 Å². The maximum Gasteiger partial charge on any atom is 0.264 e. The van der Waals surface area contributed by atoms with Crippen LogP contribution < -0.4 is 4.31 Å². The van der Waals surface area contributed by atoms with Gasteiger partial charge in [0.25, 0.3) is 15.9 Å². The zero-order chi connectivity index (χ0) is 23.6. The third kappa shape index (κ3) is 5.32. The molecule has 10 heteroatoms. The van der Waals surface area contributed by atoms with Crippen molar-refractivity contribution in [2.45, 2.75) is 23.8 Å². The predicted octanol–water partition coefficient (Wildman–Crippen LogP) is 3.24. The molecule has 2 aliphatic heterocycles. The lowest BCUT2D eigenvalue weighted by Crippen LogP contribution is -2.50. The summed E-state index contributed by atoms with van der Waals surface area (Å²) in [6.45, 7) is 4.22. The minimum atomic E-state index is -3.97. The van der Waals surface area contributed by atoms with Crippen molar-refractivity contribution in [1.29, 1.82) is 0 Å². The first-order valence-corrected chi connectivity index (χ1v) is 12.7. The molecule has 0 spiro atoms. The van der Waals surface area contributed by atoms with Gasteiger partial charge in [0, 0.05) is 46.4 Å². The number of benzene rings is 2. The summed E-state index contributed by atoms with van der Waals surface area (Å²) >= 11 is 6.29. The molecule has 0 bridgehead atoms. The number of carbonyl (C=O) groups is 1. The van der Waals surface area contributed by atoms with Crippen molar-refractivity contribution in [2.24, 2.45) is 0 Å². The van der Waals surface area contributed by atoms with E-state index >= 15 is 0 Å². The Hall–Kier alpha value is -2.20. The van der Waals surface area contributed by atoms with Gasteiger partial charge in [-0.15, -0.1) is 0 Å². The van der Waals surface area contributed by atoms with Gasteiger partial charge in [-0.25, -0.2) is 12.8 Å². The second-order valence-electron chi connectivity index (χ2n) is 8.32. The molecule has 2 aromatic carbocycles. The molecule has 4 rings (SSSR count).